The number of halogens is 1. The third-order valence-corrected chi connectivity index (χ3v) is 4.26. The van der Waals surface area contributed by atoms with E-state index >= 15 is 0 Å². The Morgan fingerprint density at radius 1 is 1.22 bits per heavy atom. The number of amides is 3. The van der Waals surface area contributed by atoms with Gasteiger partial charge in [0, 0.05) is 25.7 Å². The molecule has 1 aromatic carbocycles. The van der Waals surface area contributed by atoms with E-state index in [1.165, 1.54) is 16.1 Å². The normalized spacial score (nSPS) is 10.4. The van der Waals surface area contributed by atoms with Crippen molar-refractivity contribution in [3.05, 3.63) is 41.2 Å². The number of nitrogen functional groups attached to an aromatic ring is 1. The summed E-state index contributed by atoms with van der Waals surface area (Å²) >= 11 is 5.91. The first kappa shape index (κ1) is 20.4. The Morgan fingerprint density at radius 3 is 2.48 bits per heavy atom. The minimum Gasteiger partial charge on any atom is -0.382 e. The average molecular weight is 391 g/mol. The maximum atomic E-state index is 12.7. The summed E-state index contributed by atoms with van der Waals surface area (Å²) in [6, 6.07) is 6.84. The summed E-state index contributed by atoms with van der Waals surface area (Å²) in [5.74, 6) is 0.372. The molecule has 0 aliphatic heterocycles. The second-order valence-corrected chi connectivity index (χ2v) is 6.49. The Bertz CT molecular complexity index is 799. The molecule has 0 saturated carbocycles. The summed E-state index contributed by atoms with van der Waals surface area (Å²) in [4.78, 5) is 36.9. The van der Waals surface area contributed by atoms with Gasteiger partial charge in [0.2, 0.25) is 6.41 Å². The first-order valence-electron chi connectivity index (χ1n) is 8.44. The van der Waals surface area contributed by atoms with Gasteiger partial charge in [-0.2, -0.15) is 0 Å². The predicted octanol–water partition coefficient (Wildman–Crippen LogP) is 2.77. The van der Waals surface area contributed by atoms with Gasteiger partial charge in [-0.1, -0.05) is 30.7 Å². The van der Waals surface area contributed by atoms with Crippen molar-refractivity contribution in [2.75, 3.05) is 36.2 Å². The SMILES string of the molecule is CCCN(C)C(=O)N(C)c1c(N)ncnc1N(C=O)Cc1ccc(Cl)cc1. The first-order chi connectivity index (χ1) is 12.9. The van der Waals surface area contributed by atoms with E-state index in [1.807, 2.05) is 19.1 Å². The van der Waals surface area contributed by atoms with E-state index in [4.69, 9.17) is 17.3 Å². The van der Waals surface area contributed by atoms with Crippen LogP contribution in [0.15, 0.2) is 30.6 Å². The van der Waals surface area contributed by atoms with Crippen LogP contribution in [0.1, 0.15) is 18.9 Å². The highest BCUT2D eigenvalue weighted by molar-refractivity contribution is 6.30. The Morgan fingerprint density at radius 2 is 1.89 bits per heavy atom. The zero-order chi connectivity index (χ0) is 20.0. The molecule has 1 aromatic heterocycles. The van der Waals surface area contributed by atoms with Gasteiger partial charge in [-0.3, -0.25) is 14.6 Å². The van der Waals surface area contributed by atoms with E-state index in [1.54, 1.807) is 31.1 Å². The van der Waals surface area contributed by atoms with Crippen LogP contribution in [-0.4, -0.2) is 47.9 Å². The highest BCUT2D eigenvalue weighted by Gasteiger charge is 2.25. The molecular weight excluding hydrogens is 368 g/mol. The molecular formula is C18H23ClN6O2. The molecule has 0 fully saturated rings. The van der Waals surface area contributed by atoms with Crippen LogP contribution in [0.2, 0.25) is 5.02 Å². The van der Waals surface area contributed by atoms with Crippen LogP contribution in [0, 0.1) is 0 Å². The van der Waals surface area contributed by atoms with Crippen molar-refractivity contribution in [3.8, 4) is 0 Å². The van der Waals surface area contributed by atoms with Gasteiger partial charge in [-0.25, -0.2) is 14.8 Å². The lowest BCUT2D eigenvalue weighted by Crippen LogP contribution is -2.40. The second kappa shape index (κ2) is 9.18. The molecule has 144 valence electrons. The number of carbonyl (C=O) groups excluding carboxylic acids is 2. The molecule has 2 aromatic rings. The summed E-state index contributed by atoms with van der Waals surface area (Å²) in [6.45, 7) is 2.82. The largest absolute Gasteiger partial charge is 0.382 e. The van der Waals surface area contributed by atoms with Crippen LogP contribution in [0.25, 0.3) is 0 Å². The van der Waals surface area contributed by atoms with Crippen LogP contribution in [-0.2, 0) is 11.3 Å². The number of carbonyl (C=O) groups is 2. The van der Waals surface area contributed by atoms with Gasteiger partial charge in [-0.15, -0.1) is 0 Å². The molecule has 0 radical (unpaired) electrons. The van der Waals surface area contributed by atoms with E-state index < -0.39 is 0 Å². The van der Waals surface area contributed by atoms with E-state index in [-0.39, 0.29) is 29.9 Å². The fraction of sp³-hybridized carbons (Fsp3) is 0.333. The van der Waals surface area contributed by atoms with Gasteiger partial charge in [-0.05, 0) is 24.1 Å². The number of hydrogen-bond acceptors (Lipinski definition) is 5. The maximum Gasteiger partial charge on any atom is 0.324 e. The van der Waals surface area contributed by atoms with Gasteiger partial charge in [0.05, 0.1) is 6.54 Å². The summed E-state index contributed by atoms with van der Waals surface area (Å²) < 4.78 is 0. The minimum atomic E-state index is -0.267. The number of aromatic nitrogens is 2. The number of nitrogens with zero attached hydrogens (tertiary/aromatic N) is 5. The lowest BCUT2D eigenvalue weighted by molar-refractivity contribution is -0.107. The van der Waals surface area contributed by atoms with Crippen molar-refractivity contribution in [1.29, 1.82) is 0 Å². The highest BCUT2D eigenvalue weighted by Crippen LogP contribution is 2.31. The fourth-order valence-electron chi connectivity index (χ4n) is 2.65. The van der Waals surface area contributed by atoms with Crippen LogP contribution < -0.4 is 15.5 Å². The van der Waals surface area contributed by atoms with Gasteiger partial charge in [0.25, 0.3) is 0 Å². The van der Waals surface area contributed by atoms with Gasteiger partial charge >= 0.3 is 6.03 Å². The van der Waals surface area contributed by atoms with Gasteiger partial charge in [0.1, 0.15) is 12.0 Å². The minimum absolute atomic E-state index is 0.115. The number of benzene rings is 1. The summed E-state index contributed by atoms with van der Waals surface area (Å²) in [6.07, 6.45) is 2.73. The number of anilines is 3. The molecule has 0 bridgehead atoms. The number of hydrogen-bond donors (Lipinski definition) is 1. The van der Waals surface area contributed by atoms with Crippen molar-refractivity contribution >= 4 is 41.4 Å². The molecule has 8 nitrogen and oxygen atoms in total. The molecule has 27 heavy (non-hydrogen) atoms. The molecule has 0 saturated heterocycles. The van der Waals surface area contributed by atoms with Crippen LogP contribution in [0.3, 0.4) is 0 Å². The molecule has 9 heteroatoms. The third-order valence-electron chi connectivity index (χ3n) is 4.00. The quantitative estimate of drug-likeness (QED) is 0.733. The van der Waals surface area contributed by atoms with E-state index in [0.29, 0.717) is 18.0 Å². The molecule has 0 aliphatic carbocycles. The number of rotatable bonds is 7. The lowest BCUT2D eigenvalue weighted by Gasteiger charge is -2.28. The zero-order valence-corrected chi connectivity index (χ0v) is 16.3. The Hall–Kier alpha value is -2.87. The Kier molecular flexibility index (Phi) is 6.95. The van der Waals surface area contributed by atoms with Crippen molar-refractivity contribution in [2.24, 2.45) is 0 Å². The molecule has 0 unspecified atom stereocenters. The molecule has 0 spiro atoms. The van der Waals surface area contributed by atoms with E-state index in [2.05, 4.69) is 9.97 Å². The van der Waals surface area contributed by atoms with Gasteiger partial charge < -0.3 is 10.6 Å². The summed E-state index contributed by atoms with van der Waals surface area (Å²) in [5.41, 5.74) is 7.15. The Balaban J connectivity index is 2.38. The topological polar surface area (TPSA) is 95.7 Å². The summed E-state index contributed by atoms with van der Waals surface area (Å²) in [7, 11) is 3.28. The van der Waals surface area contributed by atoms with Crippen molar-refractivity contribution in [3.63, 3.8) is 0 Å². The predicted molar refractivity (Wildman–Crippen MR) is 107 cm³/mol. The molecule has 2 rings (SSSR count). The van der Waals surface area contributed by atoms with E-state index in [9.17, 15) is 9.59 Å². The van der Waals surface area contributed by atoms with Crippen molar-refractivity contribution in [1.82, 2.24) is 14.9 Å². The second-order valence-electron chi connectivity index (χ2n) is 6.05. The maximum absolute atomic E-state index is 12.7. The number of urea groups is 1. The average Bonchev–Trinajstić information content (AvgIpc) is 2.66. The van der Waals surface area contributed by atoms with Crippen LogP contribution in [0.4, 0.5) is 22.1 Å². The first-order valence-corrected chi connectivity index (χ1v) is 8.82. The number of nitrogens with two attached hydrogens (primary N) is 1. The molecule has 3 amide bonds. The smallest absolute Gasteiger partial charge is 0.324 e. The van der Waals surface area contributed by atoms with Crippen LogP contribution >= 0.6 is 11.6 Å². The monoisotopic (exact) mass is 390 g/mol. The zero-order valence-electron chi connectivity index (χ0n) is 15.6. The van der Waals surface area contributed by atoms with Crippen molar-refractivity contribution < 1.29 is 9.59 Å². The van der Waals surface area contributed by atoms with Crippen molar-refractivity contribution in [2.45, 2.75) is 19.9 Å². The lowest BCUT2D eigenvalue weighted by atomic mass is 10.2. The van der Waals surface area contributed by atoms with Crippen LogP contribution in [0.5, 0.6) is 0 Å². The molecule has 1 heterocycles. The molecule has 0 aliphatic rings. The molecule has 0 atom stereocenters. The van der Waals surface area contributed by atoms with Gasteiger partial charge in [0.15, 0.2) is 11.6 Å². The highest BCUT2D eigenvalue weighted by atomic mass is 35.5. The third kappa shape index (κ3) is 4.85. The standard InChI is InChI=1S/C18H23ClN6O2/c1-4-9-23(2)18(27)24(3)15-16(20)21-11-22-17(15)25(12-26)10-13-5-7-14(19)8-6-13/h5-8,11-12H,4,9-10H2,1-3H3,(H2,20,21,22). The molecule has 2 N–H and O–H groups in total. The van der Waals surface area contributed by atoms with E-state index in [0.717, 1.165) is 12.0 Å². The Labute approximate surface area is 163 Å². The summed E-state index contributed by atoms with van der Waals surface area (Å²) in [5, 5.41) is 0.604. The fourth-order valence-corrected chi connectivity index (χ4v) is 2.77.